The van der Waals surface area contributed by atoms with Crippen molar-refractivity contribution < 1.29 is 22.4 Å². The Balaban J connectivity index is 2.17. The van der Waals surface area contributed by atoms with E-state index in [1.807, 2.05) is 0 Å². The average molecular weight is 298 g/mol. The van der Waals surface area contributed by atoms with E-state index in [1.54, 1.807) is 6.92 Å². The predicted molar refractivity (Wildman–Crippen MR) is 68.3 cm³/mol. The normalized spacial score (nSPS) is 11.3. The van der Waals surface area contributed by atoms with Gasteiger partial charge < -0.3 is 5.32 Å². The molecule has 7 heteroatoms. The molecule has 3 nitrogen and oxygen atoms in total. The Bertz CT molecular complexity index is 666. The molecule has 0 radical (unpaired) electrons. The van der Waals surface area contributed by atoms with Crippen molar-refractivity contribution in [2.75, 3.05) is 5.32 Å². The number of amides is 1. The number of halogens is 4. The Kier molecular flexibility index (Phi) is 3.93. The number of carbonyl (C=O) groups excluding carboxylic acids is 1. The molecule has 0 spiro atoms. The van der Waals surface area contributed by atoms with E-state index >= 15 is 0 Å². The van der Waals surface area contributed by atoms with Gasteiger partial charge in [-0.15, -0.1) is 0 Å². The lowest BCUT2D eigenvalue weighted by Gasteiger charge is -2.09. The molecule has 0 aliphatic carbocycles. The molecule has 0 saturated carbocycles. The van der Waals surface area contributed by atoms with E-state index in [0.717, 1.165) is 18.3 Å². The van der Waals surface area contributed by atoms with Crippen molar-refractivity contribution in [1.29, 1.82) is 0 Å². The highest BCUT2D eigenvalue weighted by molar-refractivity contribution is 6.04. The minimum absolute atomic E-state index is 0.0216. The van der Waals surface area contributed by atoms with Gasteiger partial charge >= 0.3 is 6.18 Å². The molecule has 2 aromatic rings. The van der Waals surface area contributed by atoms with E-state index in [1.165, 1.54) is 18.2 Å². The molecule has 0 fully saturated rings. The molecule has 0 aliphatic rings. The number of nitrogens with zero attached hydrogens (tertiary/aromatic N) is 1. The second-order valence-electron chi connectivity index (χ2n) is 4.34. The smallest absolute Gasteiger partial charge is 0.322 e. The molecule has 0 saturated heterocycles. The van der Waals surface area contributed by atoms with Gasteiger partial charge in [0.2, 0.25) is 0 Å². The zero-order chi connectivity index (χ0) is 15.6. The molecule has 1 heterocycles. The summed E-state index contributed by atoms with van der Waals surface area (Å²) in [4.78, 5) is 15.1. The predicted octanol–water partition coefficient (Wildman–Crippen LogP) is 3.80. The molecule has 0 aliphatic heterocycles. The highest BCUT2D eigenvalue weighted by Gasteiger charge is 2.32. The number of aryl methyl sites for hydroxylation is 1. The first-order valence-electron chi connectivity index (χ1n) is 5.88. The summed E-state index contributed by atoms with van der Waals surface area (Å²) in [6.07, 6.45) is -3.71. The Hall–Kier alpha value is -2.44. The Morgan fingerprint density at radius 3 is 2.43 bits per heavy atom. The SMILES string of the molecule is Cc1cc(F)ccc1NC(=O)c1ccc(C(F)(F)F)nc1. The fourth-order valence-electron chi connectivity index (χ4n) is 1.66. The van der Waals surface area contributed by atoms with E-state index in [9.17, 15) is 22.4 Å². The van der Waals surface area contributed by atoms with Crippen molar-refractivity contribution in [2.24, 2.45) is 0 Å². The first-order chi connectivity index (χ1) is 9.77. The molecule has 1 N–H and O–H groups in total. The van der Waals surface area contributed by atoms with E-state index < -0.39 is 23.6 Å². The third kappa shape index (κ3) is 3.56. The first-order valence-corrected chi connectivity index (χ1v) is 5.88. The quantitative estimate of drug-likeness (QED) is 0.857. The highest BCUT2D eigenvalue weighted by atomic mass is 19.4. The van der Waals surface area contributed by atoms with E-state index in [0.29, 0.717) is 11.3 Å². The van der Waals surface area contributed by atoms with Crippen molar-refractivity contribution in [1.82, 2.24) is 4.98 Å². The van der Waals surface area contributed by atoms with Gasteiger partial charge in [-0.25, -0.2) is 4.39 Å². The molecule has 0 atom stereocenters. The van der Waals surface area contributed by atoms with Crippen LogP contribution >= 0.6 is 0 Å². The molecule has 1 aromatic carbocycles. The average Bonchev–Trinajstić information content (AvgIpc) is 2.41. The second kappa shape index (κ2) is 5.51. The maximum atomic E-state index is 12.9. The summed E-state index contributed by atoms with van der Waals surface area (Å²) in [5.41, 5.74) is -0.215. The van der Waals surface area contributed by atoms with Crippen LogP contribution in [-0.2, 0) is 6.18 Å². The summed E-state index contributed by atoms with van der Waals surface area (Å²) in [7, 11) is 0. The van der Waals surface area contributed by atoms with Crippen LogP contribution in [0, 0.1) is 12.7 Å². The lowest BCUT2D eigenvalue weighted by atomic mass is 10.1. The Morgan fingerprint density at radius 2 is 1.90 bits per heavy atom. The maximum Gasteiger partial charge on any atom is 0.433 e. The number of pyridine rings is 1. The van der Waals surface area contributed by atoms with Crippen molar-refractivity contribution in [3.8, 4) is 0 Å². The zero-order valence-corrected chi connectivity index (χ0v) is 10.8. The van der Waals surface area contributed by atoms with Gasteiger partial charge in [-0.2, -0.15) is 13.2 Å². The molecule has 2 rings (SSSR count). The second-order valence-corrected chi connectivity index (χ2v) is 4.34. The summed E-state index contributed by atoms with van der Waals surface area (Å²) in [6.45, 7) is 1.60. The van der Waals surface area contributed by atoms with Crippen LogP contribution in [0.3, 0.4) is 0 Å². The molecule has 0 bridgehead atoms. The molecule has 1 aromatic heterocycles. The third-order valence-corrected chi connectivity index (χ3v) is 2.75. The van der Waals surface area contributed by atoms with Crippen molar-refractivity contribution in [3.05, 3.63) is 59.2 Å². The minimum atomic E-state index is -4.55. The van der Waals surface area contributed by atoms with Gasteiger partial charge in [0, 0.05) is 11.9 Å². The van der Waals surface area contributed by atoms with Crippen LogP contribution in [0.1, 0.15) is 21.6 Å². The summed E-state index contributed by atoms with van der Waals surface area (Å²) >= 11 is 0. The van der Waals surface area contributed by atoms with Crippen molar-refractivity contribution in [2.45, 2.75) is 13.1 Å². The van der Waals surface area contributed by atoms with Gasteiger partial charge in [-0.05, 0) is 42.8 Å². The monoisotopic (exact) mass is 298 g/mol. The molecule has 21 heavy (non-hydrogen) atoms. The fraction of sp³-hybridized carbons (Fsp3) is 0.143. The number of aromatic nitrogens is 1. The van der Waals surface area contributed by atoms with Gasteiger partial charge in [0.25, 0.3) is 5.91 Å². The van der Waals surface area contributed by atoms with E-state index in [4.69, 9.17) is 0 Å². The number of nitrogens with one attached hydrogen (secondary N) is 1. The number of benzene rings is 1. The third-order valence-electron chi connectivity index (χ3n) is 2.75. The first kappa shape index (κ1) is 15.0. The lowest BCUT2D eigenvalue weighted by molar-refractivity contribution is -0.141. The summed E-state index contributed by atoms with van der Waals surface area (Å²) in [5, 5.41) is 2.49. The van der Waals surface area contributed by atoms with Crippen LogP contribution in [0.4, 0.5) is 23.2 Å². The maximum absolute atomic E-state index is 12.9. The number of hydrogen-bond acceptors (Lipinski definition) is 2. The standard InChI is InChI=1S/C14H10F4N2O/c1-8-6-10(15)3-4-11(8)20-13(21)9-2-5-12(19-7-9)14(16,17)18/h2-7H,1H3,(H,20,21). The van der Waals surface area contributed by atoms with Crippen LogP contribution in [0.25, 0.3) is 0 Å². The van der Waals surface area contributed by atoms with Crippen LogP contribution in [-0.4, -0.2) is 10.9 Å². The fourth-order valence-corrected chi connectivity index (χ4v) is 1.66. The minimum Gasteiger partial charge on any atom is -0.322 e. The Morgan fingerprint density at radius 1 is 1.19 bits per heavy atom. The van der Waals surface area contributed by atoms with Crippen molar-refractivity contribution >= 4 is 11.6 Å². The highest BCUT2D eigenvalue weighted by Crippen LogP contribution is 2.27. The van der Waals surface area contributed by atoms with Crippen LogP contribution < -0.4 is 5.32 Å². The molecular weight excluding hydrogens is 288 g/mol. The van der Waals surface area contributed by atoms with Gasteiger partial charge in [0.15, 0.2) is 0 Å². The number of rotatable bonds is 2. The van der Waals surface area contributed by atoms with Crippen LogP contribution in [0.2, 0.25) is 0 Å². The summed E-state index contributed by atoms with van der Waals surface area (Å²) in [5.74, 6) is -1.06. The molecule has 110 valence electrons. The van der Waals surface area contributed by atoms with E-state index in [2.05, 4.69) is 10.3 Å². The van der Waals surface area contributed by atoms with Crippen LogP contribution in [0.5, 0.6) is 0 Å². The van der Waals surface area contributed by atoms with E-state index in [-0.39, 0.29) is 5.56 Å². The molecule has 0 unspecified atom stereocenters. The number of carbonyl (C=O) groups is 1. The van der Waals surface area contributed by atoms with Crippen molar-refractivity contribution in [3.63, 3.8) is 0 Å². The summed E-state index contributed by atoms with van der Waals surface area (Å²) in [6, 6.07) is 5.55. The largest absolute Gasteiger partial charge is 0.433 e. The van der Waals surface area contributed by atoms with Gasteiger partial charge in [0.1, 0.15) is 11.5 Å². The zero-order valence-electron chi connectivity index (χ0n) is 10.8. The Labute approximate surface area is 117 Å². The number of hydrogen-bond donors (Lipinski definition) is 1. The molecular formula is C14H10F4N2O. The number of alkyl halides is 3. The van der Waals surface area contributed by atoms with Gasteiger partial charge in [-0.1, -0.05) is 0 Å². The topological polar surface area (TPSA) is 42.0 Å². The molecule has 1 amide bonds. The van der Waals surface area contributed by atoms with Crippen LogP contribution in [0.15, 0.2) is 36.5 Å². The van der Waals surface area contributed by atoms with Gasteiger partial charge in [0.05, 0.1) is 5.56 Å². The summed E-state index contributed by atoms with van der Waals surface area (Å²) < 4.78 is 50.0. The van der Waals surface area contributed by atoms with Gasteiger partial charge in [-0.3, -0.25) is 9.78 Å². The lowest BCUT2D eigenvalue weighted by Crippen LogP contribution is -2.14. The number of anilines is 1.